The van der Waals surface area contributed by atoms with E-state index in [4.69, 9.17) is 0 Å². The third-order valence-corrected chi connectivity index (χ3v) is 1.48. The SMILES string of the molecule is Cc1nccc(CNC(=O)C(F)F)n1. The molecule has 0 unspecified atom stereocenters. The Labute approximate surface area is 79.4 Å². The van der Waals surface area contributed by atoms with Gasteiger partial charge in [-0.1, -0.05) is 0 Å². The molecule has 0 fully saturated rings. The van der Waals surface area contributed by atoms with Gasteiger partial charge in [-0.05, 0) is 13.0 Å². The number of rotatable bonds is 3. The molecule has 0 saturated carbocycles. The predicted molar refractivity (Wildman–Crippen MR) is 44.6 cm³/mol. The van der Waals surface area contributed by atoms with Gasteiger partial charge in [-0.3, -0.25) is 4.79 Å². The van der Waals surface area contributed by atoms with Gasteiger partial charge < -0.3 is 5.32 Å². The third kappa shape index (κ3) is 3.04. The molecule has 1 aromatic heterocycles. The van der Waals surface area contributed by atoms with E-state index < -0.39 is 12.3 Å². The van der Waals surface area contributed by atoms with Crippen LogP contribution in [-0.2, 0) is 11.3 Å². The average Bonchev–Trinajstić information content (AvgIpc) is 2.14. The monoisotopic (exact) mass is 201 g/mol. The fourth-order valence-corrected chi connectivity index (χ4v) is 0.858. The molecule has 0 aliphatic heterocycles. The maximum atomic E-state index is 11.8. The molecular weight excluding hydrogens is 192 g/mol. The van der Waals surface area contributed by atoms with Crippen molar-refractivity contribution in [3.8, 4) is 0 Å². The van der Waals surface area contributed by atoms with Crippen LogP contribution in [0.2, 0.25) is 0 Å². The van der Waals surface area contributed by atoms with E-state index in [-0.39, 0.29) is 6.54 Å². The lowest BCUT2D eigenvalue weighted by Crippen LogP contribution is -2.29. The Morgan fingerprint density at radius 1 is 1.64 bits per heavy atom. The number of hydrogen-bond donors (Lipinski definition) is 1. The summed E-state index contributed by atoms with van der Waals surface area (Å²) in [4.78, 5) is 18.3. The molecule has 0 aliphatic carbocycles. The highest BCUT2D eigenvalue weighted by molar-refractivity contribution is 5.78. The highest BCUT2D eigenvalue weighted by Crippen LogP contribution is 1.96. The van der Waals surface area contributed by atoms with Crippen molar-refractivity contribution in [1.82, 2.24) is 15.3 Å². The molecule has 0 saturated heterocycles. The van der Waals surface area contributed by atoms with Crippen molar-refractivity contribution < 1.29 is 13.6 Å². The van der Waals surface area contributed by atoms with E-state index in [0.29, 0.717) is 11.5 Å². The lowest BCUT2D eigenvalue weighted by molar-refractivity contribution is -0.131. The zero-order valence-electron chi connectivity index (χ0n) is 7.50. The van der Waals surface area contributed by atoms with E-state index in [1.807, 2.05) is 5.32 Å². The van der Waals surface area contributed by atoms with Crippen molar-refractivity contribution in [2.45, 2.75) is 19.9 Å². The number of alkyl halides is 2. The summed E-state index contributed by atoms with van der Waals surface area (Å²) >= 11 is 0. The highest BCUT2D eigenvalue weighted by atomic mass is 19.3. The second kappa shape index (κ2) is 4.59. The molecule has 0 spiro atoms. The summed E-state index contributed by atoms with van der Waals surface area (Å²) in [5.74, 6) is -0.755. The molecule has 0 radical (unpaired) electrons. The molecular formula is C8H9F2N3O. The first-order valence-electron chi connectivity index (χ1n) is 3.94. The molecule has 1 rings (SSSR count). The molecule has 4 nitrogen and oxygen atoms in total. The van der Waals surface area contributed by atoms with E-state index in [0.717, 1.165) is 0 Å². The Morgan fingerprint density at radius 2 is 2.36 bits per heavy atom. The molecule has 6 heteroatoms. The van der Waals surface area contributed by atoms with E-state index in [1.165, 1.54) is 6.20 Å². The van der Waals surface area contributed by atoms with E-state index in [1.54, 1.807) is 13.0 Å². The third-order valence-electron chi connectivity index (χ3n) is 1.48. The summed E-state index contributed by atoms with van der Waals surface area (Å²) in [5, 5.41) is 2.05. The Morgan fingerprint density at radius 3 is 2.93 bits per heavy atom. The normalized spacial score (nSPS) is 10.3. The van der Waals surface area contributed by atoms with Gasteiger partial charge in [-0.25, -0.2) is 9.97 Å². The van der Waals surface area contributed by atoms with Crippen LogP contribution in [0.25, 0.3) is 0 Å². The molecule has 76 valence electrons. The zero-order chi connectivity index (χ0) is 10.6. The van der Waals surface area contributed by atoms with Crippen molar-refractivity contribution in [3.05, 3.63) is 23.8 Å². The molecule has 1 heterocycles. The quantitative estimate of drug-likeness (QED) is 0.781. The largest absolute Gasteiger partial charge is 0.345 e. The summed E-state index contributed by atoms with van der Waals surface area (Å²) in [6, 6.07) is 1.55. The summed E-state index contributed by atoms with van der Waals surface area (Å²) in [6.07, 6.45) is -1.48. The van der Waals surface area contributed by atoms with Crippen molar-refractivity contribution >= 4 is 5.91 Å². The van der Waals surface area contributed by atoms with Crippen molar-refractivity contribution in [2.24, 2.45) is 0 Å². The fourth-order valence-electron chi connectivity index (χ4n) is 0.858. The van der Waals surface area contributed by atoms with Crippen LogP contribution in [-0.4, -0.2) is 22.3 Å². The molecule has 1 amide bonds. The van der Waals surface area contributed by atoms with Gasteiger partial charge in [0.15, 0.2) is 0 Å². The van der Waals surface area contributed by atoms with Gasteiger partial charge in [-0.2, -0.15) is 8.78 Å². The minimum atomic E-state index is -2.99. The molecule has 0 aromatic carbocycles. The Kier molecular flexibility index (Phi) is 3.44. The average molecular weight is 201 g/mol. The van der Waals surface area contributed by atoms with Crippen LogP contribution in [0.4, 0.5) is 8.78 Å². The summed E-state index contributed by atoms with van der Waals surface area (Å²) in [5.41, 5.74) is 0.506. The minimum Gasteiger partial charge on any atom is -0.345 e. The number of aryl methyl sites for hydroxylation is 1. The van der Waals surface area contributed by atoms with Gasteiger partial charge in [0.2, 0.25) is 0 Å². The maximum absolute atomic E-state index is 11.8. The Bertz CT molecular complexity index is 330. The smallest absolute Gasteiger partial charge is 0.315 e. The second-order valence-corrected chi connectivity index (χ2v) is 2.61. The van der Waals surface area contributed by atoms with Crippen LogP contribution in [0.1, 0.15) is 11.5 Å². The van der Waals surface area contributed by atoms with Gasteiger partial charge in [0.25, 0.3) is 5.91 Å². The van der Waals surface area contributed by atoms with Crippen molar-refractivity contribution in [2.75, 3.05) is 0 Å². The maximum Gasteiger partial charge on any atom is 0.315 e. The first-order chi connectivity index (χ1) is 6.59. The summed E-state index contributed by atoms with van der Waals surface area (Å²) < 4.78 is 23.5. The number of carbonyl (C=O) groups excluding carboxylic acids is 1. The molecule has 0 aliphatic rings. The molecule has 1 aromatic rings. The predicted octanol–water partition coefficient (Wildman–Crippen LogP) is 0.666. The Balaban J connectivity index is 2.50. The van der Waals surface area contributed by atoms with E-state index in [2.05, 4.69) is 9.97 Å². The lowest BCUT2D eigenvalue weighted by atomic mass is 10.4. The van der Waals surface area contributed by atoms with Crippen molar-refractivity contribution in [3.63, 3.8) is 0 Å². The number of nitrogens with zero attached hydrogens (tertiary/aromatic N) is 2. The highest BCUT2D eigenvalue weighted by Gasteiger charge is 2.14. The first-order valence-corrected chi connectivity index (χ1v) is 3.94. The zero-order valence-corrected chi connectivity index (χ0v) is 7.50. The summed E-state index contributed by atoms with van der Waals surface area (Å²) in [6.45, 7) is 1.67. The van der Waals surface area contributed by atoms with Gasteiger partial charge in [-0.15, -0.1) is 0 Å². The minimum absolute atomic E-state index is 0.00741. The molecule has 14 heavy (non-hydrogen) atoms. The van der Waals surface area contributed by atoms with Crippen LogP contribution in [0.5, 0.6) is 0 Å². The standard InChI is InChI=1S/C8H9F2N3O/c1-5-11-3-2-6(13-5)4-12-8(14)7(9)10/h2-3,7H,4H2,1H3,(H,12,14). The van der Waals surface area contributed by atoms with Crippen LogP contribution >= 0.6 is 0 Å². The number of nitrogens with one attached hydrogen (secondary N) is 1. The summed E-state index contributed by atoms with van der Waals surface area (Å²) in [7, 11) is 0. The number of carbonyl (C=O) groups is 1. The van der Waals surface area contributed by atoms with Gasteiger partial charge in [0.1, 0.15) is 5.82 Å². The number of aromatic nitrogens is 2. The van der Waals surface area contributed by atoms with Crippen LogP contribution in [0.15, 0.2) is 12.3 Å². The van der Waals surface area contributed by atoms with Crippen LogP contribution in [0.3, 0.4) is 0 Å². The lowest BCUT2D eigenvalue weighted by Gasteiger charge is -2.03. The number of amides is 1. The Hall–Kier alpha value is -1.59. The van der Waals surface area contributed by atoms with E-state index in [9.17, 15) is 13.6 Å². The van der Waals surface area contributed by atoms with Gasteiger partial charge >= 0.3 is 6.43 Å². The van der Waals surface area contributed by atoms with E-state index >= 15 is 0 Å². The van der Waals surface area contributed by atoms with Gasteiger partial charge in [0.05, 0.1) is 12.2 Å². The van der Waals surface area contributed by atoms with Crippen LogP contribution in [0, 0.1) is 6.92 Å². The molecule has 0 atom stereocenters. The number of hydrogen-bond acceptors (Lipinski definition) is 3. The fraction of sp³-hybridized carbons (Fsp3) is 0.375. The van der Waals surface area contributed by atoms with Crippen molar-refractivity contribution in [1.29, 1.82) is 0 Å². The second-order valence-electron chi connectivity index (χ2n) is 2.61. The van der Waals surface area contributed by atoms with Gasteiger partial charge in [0, 0.05) is 6.20 Å². The number of halogens is 2. The molecule has 1 N–H and O–H groups in total. The van der Waals surface area contributed by atoms with Crippen LogP contribution < -0.4 is 5.32 Å². The first kappa shape index (κ1) is 10.5. The topological polar surface area (TPSA) is 54.9 Å². The molecule has 0 bridgehead atoms.